The van der Waals surface area contributed by atoms with Gasteiger partial charge in [-0.1, -0.05) is 42.5 Å². The van der Waals surface area contributed by atoms with Gasteiger partial charge in [0.25, 0.3) is 5.91 Å². The normalized spacial score (nSPS) is 14.6. The van der Waals surface area contributed by atoms with Gasteiger partial charge in [0.05, 0.1) is 12.8 Å². The molecule has 4 rings (SSSR count). The Kier molecular flexibility index (Phi) is 6.61. The minimum atomic E-state index is -0.492. The molecule has 0 aliphatic carbocycles. The minimum absolute atomic E-state index is 0.231. The van der Waals surface area contributed by atoms with Crippen LogP contribution in [0.2, 0.25) is 0 Å². The molecular formula is C26H20N2O4S. The highest BCUT2D eigenvalue weighted by atomic mass is 32.1. The van der Waals surface area contributed by atoms with Crippen LogP contribution in [0.3, 0.4) is 0 Å². The Hall–Kier alpha value is -4.23. The van der Waals surface area contributed by atoms with Crippen LogP contribution < -0.4 is 19.7 Å². The number of amides is 1. The maximum absolute atomic E-state index is 12.8. The number of ether oxygens (including phenoxy) is 2. The zero-order valence-electron chi connectivity index (χ0n) is 17.7. The Balaban J connectivity index is 1.39. The largest absolute Gasteiger partial charge is 0.497 e. The van der Waals surface area contributed by atoms with Gasteiger partial charge in [-0.2, -0.15) is 0 Å². The number of hydrogen-bond acceptors (Lipinski definition) is 5. The SMILES string of the molecule is COc1ccc(/C=C/C(=O)Oc2ccc(/C=C3/NC(=S)N(c4ccccc4)C3=O)cc2)cc1. The van der Waals surface area contributed by atoms with E-state index in [-0.39, 0.29) is 5.91 Å². The van der Waals surface area contributed by atoms with Gasteiger partial charge in [0.15, 0.2) is 5.11 Å². The van der Waals surface area contributed by atoms with Crippen LogP contribution in [0, 0.1) is 0 Å². The van der Waals surface area contributed by atoms with Crippen molar-refractivity contribution < 1.29 is 19.1 Å². The van der Waals surface area contributed by atoms with Crippen molar-refractivity contribution in [1.29, 1.82) is 0 Å². The summed E-state index contributed by atoms with van der Waals surface area (Å²) in [6, 6.07) is 23.4. The molecule has 1 saturated heterocycles. The number of carbonyl (C=O) groups is 2. The summed E-state index contributed by atoms with van der Waals surface area (Å²) < 4.78 is 10.4. The summed E-state index contributed by atoms with van der Waals surface area (Å²) in [5.41, 5.74) is 2.69. The average Bonchev–Trinajstić information content (AvgIpc) is 3.12. The van der Waals surface area contributed by atoms with Crippen molar-refractivity contribution in [3.63, 3.8) is 0 Å². The van der Waals surface area contributed by atoms with Crippen LogP contribution in [-0.2, 0) is 9.59 Å². The van der Waals surface area contributed by atoms with E-state index < -0.39 is 5.97 Å². The number of carbonyl (C=O) groups excluding carboxylic acids is 2. The second kappa shape index (κ2) is 9.93. The van der Waals surface area contributed by atoms with E-state index in [1.807, 2.05) is 54.6 Å². The molecule has 164 valence electrons. The molecule has 0 bridgehead atoms. The van der Waals surface area contributed by atoms with Gasteiger partial charge in [-0.05, 0) is 71.9 Å². The van der Waals surface area contributed by atoms with Crippen molar-refractivity contribution in [3.8, 4) is 11.5 Å². The summed E-state index contributed by atoms with van der Waals surface area (Å²) in [6.07, 6.45) is 4.73. The lowest BCUT2D eigenvalue weighted by molar-refractivity contribution is -0.128. The van der Waals surface area contributed by atoms with Crippen molar-refractivity contribution in [3.05, 3.63) is 102 Å². The Morgan fingerprint density at radius 3 is 2.21 bits per heavy atom. The van der Waals surface area contributed by atoms with E-state index in [4.69, 9.17) is 21.7 Å². The zero-order valence-corrected chi connectivity index (χ0v) is 18.5. The molecule has 1 amide bonds. The lowest BCUT2D eigenvalue weighted by Crippen LogP contribution is -2.30. The molecule has 1 fully saturated rings. The molecule has 6 nitrogen and oxygen atoms in total. The molecule has 1 aliphatic rings. The predicted molar refractivity (Wildman–Crippen MR) is 132 cm³/mol. The molecule has 3 aromatic rings. The minimum Gasteiger partial charge on any atom is -0.497 e. The number of thiocarbonyl (C=S) groups is 1. The second-order valence-corrected chi connectivity index (χ2v) is 7.45. The standard InChI is InChI=1S/C26H20N2O4S/c1-31-21-12-7-18(8-13-21)11-16-24(29)32-22-14-9-19(10-15-22)17-23-25(30)28(26(33)27-23)20-5-3-2-4-6-20/h2-17H,1H3,(H,27,33)/b16-11+,23-17+. The fourth-order valence-corrected chi connectivity index (χ4v) is 3.47. The summed E-state index contributed by atoms with van der Waals surface area (Å²) in [6.45, 7) is 0. The van der Waals surface area contributed by atoms with Crippen molar-refractivity contribution in [2.24, 2.45) is 0 Å². The van der Waals surface area contributed by atoms with Crippen molar-refractivity contribution in [2.45, 2.75) is 0 Å². The van der Waals surface area contributed by atoms with Crippen LogP contribution >= 0.6 is 12.2 Å². The van der Waals surface area contributed by atoms with Gasteiger partial charge in [0.1, 0.15) is 17.2 Å². The lowest BCUT2D eigenvalue weighted by atomic mass is 10.2. The van der Waals surface area contributed by atoms with Crippen LogP contribution in [0.1, 0.15) is 11.1 Å². The summed E-state index contributed by atoms with van der Waals surface area (Å²) in [5, 5.41) is 3.28. The van der Waals surface area contributed by atoms with E-state index in [2.05, 4.69) is 5.32 Å². The molecule has 1 heterocycles. The summed E-state index contributed by atoms with van der Waals surface area (Å²) >= 11 is 5.32. The molecule has 1 N–H and O–H groups in total. The zero-order chi connectivity index (χ0) is 23.2. The third-order valence-corrected chi connectivity index (χ3v) is 5.11. The molecule has 0 atom stereocenters. The van der Waals surface area contributed by atoms with Crippen molar-refractivity contribution in [1.82, 2.24) is 5.32 Å². The van der Waals surface area contributed by atoms with E-state index in [1.54, 1.807) is 43.5 Å². The molecule has 0 unspecified atom stereocenters. The topological polar surface area (TPSA) is 67.9 Å². The Bertz CT molecular complexity index is 1230. The van der Waals surface area contributed by atoms with Gasteiger partial charge in [-0.25, -0.2) is 4.79 Å². The van der Waals surface area contributed by atoms with Gasteiger partial charge in [-0.3, -0.25) is 9.69 Å². The number of nitrogens with one attached hydrogen (secondary N) is 1. The van der Waals surface area contributed by atoms with Gasteiger partial charge in [-0.15, -0.1) is 0 Å². The number of benzene rings is 3. The molecule has 3 aromatic carbocycles. The number of methoxy groups -OCH3 is 1. The van der Waals surface area contributed by atoms with E-state index in [0.717, 1.165) is 16.9 Å². The van der Waals surface area contributed by atoms with Gasteiger partial charge < -0.3 is 14.8 Å². The second-order valence-electron chi connectivity index (χ2n) is 7.06. The Morgan fingerprint density at radius 2 is 1.55 bits per heavy atom. The van der Waals surface area contributed by atoms with Gasteiger partial charge >= 0.3 is 5.97 Å². The average molecular weight is 457 g/mol. The quantitative estimate of drug-likeness (QED) is 0.254. The summed E-state index contributed by atoms with van der Waals surface area (Å²) in [7, 11) is 1.60. The predicted octanol–water partition coefficient (Wildman–Crippen LogP) is 4.58. The highest BCUT2D eigenvalue weighted by Crippen LogP contribution is 2.23. The number of hydrogen-bond donors (Lipinski definition) is 1. The van der Waals surface area contributed by atoms with Gasteiger partial charge in [0.2, 0.25) is 0 Å². The molecule has 7 heteroatoms. The molecule has 33 heavy (non-hydrogen) atoms. The van der Waals surface area contributed by atoms with Crippen molar-refractivity contribution >= 4 is 47.0 Å². The monoisotopic (exact) mass is 456 g/mol. The number of esters is 1. The lowest BCUT2D eigenvalue weighted by Gasteiger charge is -2.13. The van der Waals surface area contributed by atoms with Crippen molar-refractivity contribution in [2.75, 3.05) is 12.0 Å². The maximum atomic E-state index is 12.8. The molecule has 1 aliphatic heterocycles. The van der Waals surface area contributed by atoms with Crippen LogP contribution in [0.4, 0.5) is 5.69 Å². The Labute approximate surface area is 196 Å². The number of nitrogens with zero attached hydrogens (tertiary/aromatic N) is 1. The summed E-state index contributed by atoms with van der Waals surface area (Å²) in [4.78, 5) is 26.3. The third kappa shape index (κ3) is 5.34. The van der Waals surface area contributed by atoms with E-state index in [1.165, 1.54) is 11.0 Å². The third-order valence-electron chi connectivity index (χ3n) is 4.83. The molecule has 0 radical (unpaired) electrons. The first-order valence-electron chi connectivity index (χ1n) is 10.1. The van der Waals surface area contributed by atoms with Gasteiger partial charge in [0, 0.05) is 6.08 Å². The van der Waals surface area contributed by atoms with Crippen LogP contribution in [0.5, 0.6) is 11.5 Å². The van der Waals surface area contributed by atoms with E-state index >= 15 is 0 Å². The van der Waals surface area contributed by atoms with E-state index in [0.29, 0.717) is 22.2 Å². The van der Waals surface area contributed by atoms with Crippen LogP contribution in [0.25, 0.3) is 12.2 Å². The first-order valence-corrected chi connectivity index (χ1v) is 10.5. The Morgan fingerprint density at radius 1 is 0.909 bits per heavy atom. The summed E-state index contributed by atoms with van der Waals surface area (Å²) in [5.74, 6) is 0.418. The van der Waals surface area contributed by atoms with Crippen LogP contribution in [0.15, 0.2) is 90.6 Å². The smallest absolute Gasteiger partial charge is 0.336 e. The number of anilines is 1. The molecule has 0 aromatic heterocycles. The van der Waals surface area contributed by atoms with E-state index in [9.17, 15) is 9.59 Å². The highest BCUT2D eigenvalue weighted by Gasteiger charge is 2.31. The number of rotatable bonds is 6. The fourth-order valence-electron chi connectivity index (χ4n) is 3.17. The fraction of sp³-hybridized carbons (Fsp3) is 0.0385. The molecule has 0 spiro atoms. The van der Waals surface area contributed by atoms with Crippen LogP contribution in [-0.4, -0.2) is 24.1 Å². The maximum Gasteiger partial charge on any atom is 0.336 e. The highest BCUT2D eigenvalue weighted by molar-refractivity contribution is 7.80. The number of para-hydroxylation sites is 1. The molecule has 0 saturated carbocycles. The molecular weight excluding hydrogens is 436 g/mol. The first kappa shape index (κ1) is 22.0. The first-order chi connectivity index (χ1) is 16.0.